The Morgan fingerprint density at radius 3 is 2.26 bits per heavy atom. The minimum Gasteiger partial charge on any atom is -0.491 e. The molecule has 27 heavy (non-hydrogen) atoms. The molecule has 0 spiro atoms. The first-order chi connectivity index (χ1) is 13.0. The van der Waals surface area contributed by atoms with Gasteiger partial charge in [0, 0.05) is 31.7 Å². The molecule has 0 unspecified atom stereocenters. The maximum absolute atomic E-state index is 12.5. The van der Waals surface area contributed by atoms with E-state index in [1.54, 1.807) is 21.9 Å². The van der Waals surface area contributed by atoms with Crippen LogP contribution < -0.4 is 4.74 Å². The van der Waals surface area contributed by atoms with Crippen molar-refractivity contribution in [3.05, 3.63) is 64.7 Å². The second kappa shape index (κ2) is 8.91. The Hall–Kier alpha value is -2.53. The van der Waals surface area contributed by atoms with Crippen LogP contribution in [0.1, 0.15) is 22.3 Å². The fourth-order valence-corrected chi connectivity index (χ4v) is 3.20. The first-order valence-corrected chi connectivity index (χ1v) is 9.43. The van der Waals surface area contributed by atoms with Crippen molar-refractivity contribution in [1.82, 2.24) is 9.80 Å². The molecule has 0 aliphatic carbocycles. The van der Waals surface area contributed by atoms with Gasteiger partial charge in [-0.2, -0.15) is 0 Å². The lowest BCUT2D eigenvalue weighted by Crippen LogP contribution is -2.50. The number of rotatable bonds is 5. The molecule has 0 saturated carbocycles. The van der Waals surface area contributed by atoms with E-state index in [0.29, 0.717) is 42.5 Å². The van der Waals surface area contributed by atoms with Gasteiger partial charge in [0.1, 0.15) is 5.75 Å². The normalized spacial score (nSPS) is 14.1. The van der Waals surface area contributed by atoms with Gasteiger partial charge in [-0.3, -0.25) is 9.59 Å². The molecule has 2 amide bonds. The molecule has 1 heterocycles. The van der Waals surface area contributed by atoms with E-state index in [9.17, 15) is 9.59 Å². The molecule has 1 aliphatic heterocycles. The number of nitrogens with zero attached hydrogens (tertiary/aromatic N) is 2. The van der Waals surface area contributed by atoms with Gasteiger partial charge in [0.05, 0.1) is 18.1 Å². The fourth-order valence-electron chi connectivity index (χ4n) is 3.01. The number of piperazine rings is 1. The summed E-state index contributed by atoms with van der Waals surface area (Å²) in [6.07, 6.45) is 0.289. The number of hydrogen-bond acceptors (Lipinski definition) is 3. The zero-order valence-corrected chi connectivity index (χ0v) is 16.1. The predicted octanol–water partition coefficient (Wildman–Crippen LogP) is 3.40. The van der Waals surface area contributed by atoms with Crippen LogP contribution in [0.15, 0.2) is 48.5 Å². The second-order valence-corrected chi connectivity index (χ2v) is 6.98. The highest BCUT2D eigenvalue weighted by Gasteiger charge is 2.24. The standard InChI is InChI=1S/C21H23ClN2O3/c1-16-6-8-17(9-7-16)21(26)24-13-11-23(12-14-24)20(25)10-15-27-19-5-3-2-4-18(19)22/h2-9H,10-15H2,1H3. The van der Waals surface area contributed by atoms with Gasteiger partial charge in [-0.05, 0) is 31.2 Å². The molecule has 0 aromatic heterocycles. The monoisotopic (exact) mass is 386 g/mol. The van der Waals surface area contributed by atoms with Crippen LogP contribution in [0.2, 0.25) is 5.02 Å². The van der Waals surface area contributed by atoms with Crippen molar-refractivity contribution < 1.29 is 14.3 Å². The maximum atomic E-state index is 12.5. The molecule has 142 valence electrons. The van der Waals surface area contributed by atoms with Crippen molar-refractivity contribution in [2.75, 3.05) is 32.8 Å². The maximum Gasteiger partial charge on any atom is 0.253 e. The van der Waals surface area contributed by atoms with Crippen LogP contribution in [0.3, 0.4) is 0 Å². The zero-order chi connectivity index (χ0) is 19.2. The van der Waals surface area contributed by atoms with Gasteiger partial charge in [0.2, 0.25) is 5.91 Å². The summed E-state index contributed by atoms with van der Waals surface area (Å²) in [5.41, 5.74) is 1.81. The highest BCUT2D eigenvalue weighted by atomic mass is 35.5. The predicted molar refractivity (Wildman–Crippen MR) is 105 cm³/mol. The summed E-state index contributed by atoms with van der Waals surface area (Å²) in [7, 11) is 0. The molecule has 0 radical (unpaired) electrons. The molecule has 6 heteroatoms. The van der Waals surface area contributed by atoms with Crippen molar-refractivity contribution in [2.45, 2.75) is 13.3 Å². The first kappa shape index (κ1) is 19.2. The number of halogens is 1. The number of carbonyl (C=O) groups is 2. The third kappa shape index (κ3) is 5.01. The summed E-state index contributed by atoms with van der Waals surface area (Å²) < 4.78 is 5.58. The summed E-state index contributed by atoms with van der Waals surface area (Å²) >= 11 is 6.04. The molecule has 1 aliphatic rings. The lowest BCUT2D eigenvalue weighted by Gasteiger charge is -2.35. The first-order valence-electron chi connectivity index (χ1n) is 9.05. The van der Waals surface area contributed by atoms with E-state index in [1.807, 2.05) is 43.3 Å². The van der Waals surface area contributed by atoms with E-state index < -0.39 is 0 Å². The highest BCUT2D eigenvalue weighted by molar-refractivity contribution is 6.32. The number of aryl methyl sites for hydroxylation is 1. The molecular weight excluding hydrogens is 364 g/mol. The van der Waals surface area contributed by atoms with Crippen molar-refractivity contribution in [3.8, 4) is 5.75 Å². The van der Waals surface area contributed by atoms with Gasteiger partial charge in [-0.15, -0.1) is 0 Å². The van der Waals surface area contributed by atoms with Crippen molar-refractivity contribution in [1.29, 1.82) is 0 Å². The highest BCUT2D eigenvalue weighted by Crippen LogP contribution is 2.23. The molecule has 2 aromatic rings. The lowest BCUT2D eigenvalue weighted by molar-refractivity contribution is -0.133. The van der Waals surface area contributed by atoms with E-state index in [0.717, 1.165) is 5.56 Å². The van der Waals surface area contributed by atoms with E-state index >= 15 is 0 Å². The van der Waals surface area contributed by atoms with Crippen LogP contribution in [0.4, 0.5) is 0 Å². The number of para-hydroxylation sites is 1. The summed E-state index contributed by atoms with van der Waals surface area (Å²) in [5.74, 6) is 0.633. The van der Waals surface area contributed by atoms with E-state index in [-0.39, 0.29) is 24.8 Å². The molecule has 5 nitrogen and oxygen atoms in total. The Bertz CT molecular complexity index is 799. The zero-order valence-electron chi connectivity index (χ0n) is 15.4. The molecule has 0 atom stereocenters. The van der Waals surface area contributed by atoms with Gasteiger partial charge in [0.15, 0.2) is 0 Å². The summed E-state index contributed by atoms with van der Waals surface area (Å²) in [4.78, 5) is 28.5. The molecule has 1 fully saturated rings. The van der Waals surface area contributed by atoms with E-state index in [2.05, 4.69) is 0 Å². The average molecular weight is 387 g/mol. The van der Waals surface area contributed by atoms with Crippen LogP contribution in [0, 0.1) is 6.92 Å². The largest absolute Gasteiger partial charge is 0.491 e. The average Bonchev–Trinajstić information content (AvgIpc) is 2.69. The molecule has 0 bridgehead atoms. The molecular formula is C21H23ClN2O3. The molecule has 0 N–H and O–H groups in total. The Labute approximate surface area is 164 Å². The number of amides is 2. The number of hydrogen-bond donors (Lipinski definition) is 0. The Morgan fingerprint density at radius 1 is 0.963 bits per heavy atom. The summed E-state index contributed by atoms with van der Waals surface area (Å²) in [6.45, 7) is 4.46. The third-order valence-corrected chi connectivity index (χ3v) is 4.94. The second-order valence-electron chi connectivity index (χ2n) is 6.57. The summed E-state index contributed by atoms with van der Waals surface area (Å²) in [6, 6.07) is 14.8. The van der Waals surface area contributed by atoms with Crippen molar-refractivity contribution in [3.63, 3.8) is 0 Å². The molecule has 1 saturated heterocycles. The van der Waals surface area contributed by atoms with Crippen LogP contribution >= 0.6 is 11.6 Å². The van der Waals surface area contributed by atoms with Crippen LogP contribution in [0.5, 0.6) is 5.75 Å². The van der Waals surface area contributed by atoms with Crippen molar-refractivity contribution in [2.24, 2.45) is 0 Å². The number of ether oxygens (including phenoxy) is 1. The Kier molecular flexibility index (Phi) is 6.35. The van der Waals surface area contributed by atoms with Crippen LogP contribution in [-0.4, -0.2) is 54.4 Å². The summed E-state index contributed by atoms with van der Waals surface area (Å²) in [5, 5.41) is 0.535. The SMILES string of the molecule is Cc1ccc(C(=O)N2CCN(C(=O)CCOc3ccccc3Cl)CC2)cc1. The van der Waals surface area contributed by atoms with Crippen molar-refractivity contribution >= 4 is 23.4 Å². The Balaban J connectivity index is 1.44. The smallest absolute Gasteiger partial charge is 0.253 e. The van der Waals surface area contributed by atoms with Crippen LogP contribution in [0.25, 0.3) is 0 Å². The topological polar surface area (TPSA) is 49.9 Å². The minimum absolute atomic E-state index is 0.0177. The minimum atomic E-state index is 0.0177. The number of carbonyl (C=O) groups excluding carboxylic acids is 2. The van der Waals surface area contributed by atoms with Gasteiger partial charge < -0.3 is 14.5 Å². The quantitative estimate of drug-likeness (QED) is 0.791. The third-order valence-electron chi connectivity index (χ3n) is 4.63. The van der Waals surface area contributed by atoms with Gasteiger partial charge >= 0.3 is 0 Å². The van der Waals surface area contributed by atoms with Gasteiger partial charge in [-0.1, -0.05) is 41.4 Å². The molecule has 2 aromatic carbocycles. The lowest BCUT2D eigenvalue weighted by atomic mass is 10.1. The van der Waals surface area contributed by atoms with Crippen LogP contribution in [-0.2, 0) is 4.79 Å². The fraction of sp³-hybridized carbons (Fsp3) is 0.333. The van der Waals surface area contributed by atoms with Gasteiger partial charge in [-0.25, -0.2) is 0 Å². The number of benzene rings is 2. The Morgan fingerprint density at radius 2 is 1.59 bits per heavy atom. The molecule has 3 rings (SSSR count). The van der Waals surface area contributed by atoms with E-state index in [4.69, 9.17) is 16.3 Å². The van der Waals surface area contributed by atoms with E-state index in [1.165, 1.54) is 0 Å². The van der Waals surface area contributed by atoms with Gasteiger partial charge in [0.25, 0.3) is 5.91 Å².